The van der Waals surface area contributed by atoms with E-state index < -0.39 is 0 Å². The minimum Gasteiger partial charge on any atom is -0.493 e. The first-order valence-corrected chi connectivity index (χ1v) is 7.55. The van der Waals surface area contributed by atoms with Gasteiger partial charge in [0.15, 0.2) is 0 Å². The number of para-hydroxylation sites is 1. The third-order valence-corrected chi connectivity index (χ3v) is 3.87. The molecule has 4 heteroatoms. The molecule has 1 aliphatic heterocycles. The third kappa shape index (κ3) is 4.47. The number of aliphatic hydroxyl groups excluding tert-OH is 1. The Balaban J connectivity index is 1.63. The Kier molecular flexibility index (Phi) is 6.30. The number of hydrogen-bond acceptors (Lipinski definition) is 4. The first-order valence-electron chi connectivity index (χ1n) is 7.55. The van der Waals surface area contributed by atoms with E-state index >= 15 is 0 Å². The van der Waals surface area contributed by atoms with Crippen LogP contribution in [0.25, 0.3) is 0 Å². The van der Waals surface area contributed by atoms with E-state index in [9.17, 15) is 5.11 Å². The molecule has 1 heterocycles. The largest absolute Gasteiger partial charge is 0.493 e. The average Bonchev–Trinajstić information content (AvgIpc) is 2.49. The van der Waals surface area contributed by atoms with Crippen LogP contribution >= 0.6 is 0 Å². The number of piperazine rings is 1. The van der Waals surface area contributed by atoms with Gasteiger partial charge in [-0.3, -0.25) is 4.90 Å². The highest BCUT2D eigenvalue weighted by atomic mass is 16.5. The van der Waals surface area contributed by atoms with Crippen LogP contribution < -0.4 is 10.1 Å². The lowest BCUT2D eigenvalue weighted by molar-refractivity contribution is 0.0978. The number of aryl methyl sites for hydroxylation is 1. The second-order valence-corrected chi connectivity index (χ2v) is 5.40. The molecule has 0 amide bonds. The van der Waals surface area contributed by atoms with Crippen LogP contribution in [0.2, 0.25) is 0 Å². The molecule has 1 saturated heterocycles. The van der Waals surface area contributed by atoms with Gasteiger partial charge in [-0.2, -0.15) is 0 Å². The monoisotopic (exact) mass is 278 g/mol. The summed E-state index contributed by atoms with van der Waals surface area (Å²) < 4.78 is 5.80. The molecule has 20 heavy (non-hydrogen) atoms. The maximum absolute atomic E-state index is 9.34. The molecule has 0 aliphatic carbocycles. The lowest BCUT2D eigenvalue weighted by Gasteiger charge is -2.35. The normalized spacial score (nSPS) is 20.0. The van der Waals surface area contributed by atoms with E-state index in [-0.39, 0.29) is 12.6 Å². The van der Waals surface area contributed by atoms with Gasteiger partial charge < -0.3 is 15.2 Å². The number of ether oxygens (including phenoxy) is 1. The Morgan fingerprint density at radius 2 is 2.20 bits per heavy atom. The summed E-state index contributed by atoms with van der Waals surface area (Å²) in [7, 11) is 0. The van der Waals surface area contributed by atoms with Gasteiger partial charge in [-0.15, -0.1) is 0 Å². The molecule has 112 valence electrons. The van der Waals surface area contributed by atoms with Crippen LogP contribution in [0.1, 0.15) is 18.4 Å². The van der Waals surface area contributed by atoms with Crippen molar-refractivity contribution in [2.45, 2.75) is 25.8 Å². The molecule has 2 N–H and O–H groups in total. The van der Waals surface area contributed by atoms with E-state index in [0.717, 1.165) is 51.4 Å². The van der Waals surface area contributed by atoms with Crippen molar-refractivity contribution in [3.8, 4) is 5.75 Å². The van der Waals surface area contributed by atoms with Crippen molar-refractivity contribution in [2.75, 3.05) is 39.4 Å². The van der Waals surface area contributed by atoms with Crippen molar-refractivity contribution in [1.82, 2.24) is 10.2 Å². The summed E-state index contributed by atoms with van der Waals surface area (Å²) in [6, 6.07) is 8.41. The first-order chi connectivity index (χ1) is 9.81. The van der Waals surface area contributed by atoms with Gasteiger partial charge >= 0.3 is 0 Å². The summed E-state index contributed by atoms with van der Waals surface area (Å²) in [5.74, 6) is 0.989. The lowest BCUT2D eigenvalue weighted by atomic mass is 10.2. The Morgan fingerprint density at radius 3 is 3.00 bits per heavy atom. The van der Waals surface area contributed by atoms with Gasteiger partial charge in [-0.1, -0.05) is 18.2 Å². The molecule has 1 unspecified atom stereocenters. The highest BCUT2D eigenvalue weighted by molar-refractivity contribution is 5.31. The number of benzene rings is 1. The fraction of sp³-hybridized carbons (Fsp3) is 0.625. The minimum atomic E-state index is 0.243. The molecule has 0 bridgehead atoms. The van der Waals surface area contributed by atoms with Crippen LogP contribution in [0.15, 0.2) is 24.3 Å². The fourth-order valence-corrected chi connectivity index (χ4v) is 2.59. The third-order valence-electron chi connectivity index (χ3n) is 3.87. The van der Waals surface area contributed by atoms with Crippen LogP contribution in [-0.4, -0.2) is 55.4 Å². The molecule has 1 aliphatic rings. The van der Waals surface area contributed by atoms with Gasteiger partial charge in [-0.05, 0) is 37.9 Å². The predicted octanol–water partition coefficient (Wildman–Crippen LogP) is 1.42. The smallest absolute Gasteiger partial charge is 0.122 e. The Hall–Kier alpha value is -1.10. The summed E-state index contributed by atoms with van der Waals surface area (Å²) in [4.78, 5) is 2.38. The molecular weight excluding hydrogens is 252 g/mol. The second kappa shape index (κ2) is 8.25. The zero-order valence-electron chi connectivity index (χ0n) is 12.3. The Bertz CT molecular complexity index is 398. The second-order valence-electron chi connectivity index (χ2n) is 5.40. The molecule has 1 atom stereocenters. The molecule has 1 aromatic carbocycles. The van der Waals surface area contributed by atoms with Crippen LogP contribution in [0.3, 0.4) is 0 Å². The summed E-state index contributed by atoms with van der Waals surface area (Å²) >= 11 is 0. The zero-order chi connectivity index (χ0) is 14.2. The van der Waals surface area contributed by atoms with E-state index in [2.05, 4.69) is 23.2 Å². The molecule has 2 rings (SSSR count). The lowest BCUT2D eigenvalue weighted by Crippen LogP contribution is -2.53. The standard InChI is InChI=1S/C16H26N2O2/c1-14-6-2-3-7-16(14)20-11-5-4-9-18-10-8-17-12-15(18)13-19/h2-3,6-7,15,17,19H,4-5,8-13H2,1H3. The number of nitrogens with one attached hydrogen (secondary N) is 1. The maximum atomic E-state index is 9.34. The van der Waals surface area contributed by atoms with Crippen molar-refractivity contribution >= 4 is 0 Å². The van der Waals surface area contributed by atoms with Gasteiger partial charge in [0.25, 0.3) is 0 Å². The van der Waals surface area contributed by atoms with Crippen molar-refractivity contribution in [3.63, 3.8) is 0 Å². The van der Waals surface area contributed by atoms with Gasteiger partial charge in [0.2, 0.25) is 0 Å². The molecule has 4 nitrogen and oxygen atoms in total. The molecule has 0 saturated carbocycles. The first kappa shape index (κ1) is 15.3. The van der Waals surface area contributed by atoms with Crippen molar-refractivity contribution in [1.29, 1.82) is 0 Å². The maximum Gasteiger partial charge on any atom is 0.122 e. The molecule has 1 fully saturated rings. The van der Waals surface area contributed by atoms with Crippen LogP contribution in [0, 0.1) is 6.92 Å². The van der Waals surface area contributed by atoms with Gasteiger partial charge in [0, 0.05) is 25.7 Å². The molecule has 0 aromatic heterocycles. The zero-order valence-corrected chi connectivity index (χ0v) is 12.3. The van der Waals surface area contributed by atoms with Crippen LogP contribution in [-0.2, 0) is 0 Å². The van der Waals surface area contributed by atoms with E-state index in [1.165, 1.54) is 5.56 Å². The summed E-state index contributed by atoms with van der Waals surface area (Å²) in [5.41, 5.74) is 1.19. The summed E-state index contributed by atoms with van der Waals surface area (Å²) in [6.45, 7) is 7.08. The summed E-state index contributed by atoms with van der Waals surface area (Å²) in [6.07, 6.45) is 2.17. The Morgan fingerprint density at radius 1 is 1.35 bits per heavy atom. The topological polar surface area (TPSA) is 44.7 Å². The van der Waals surface area contributed by atoms with E-state index in [1.54, 1.807) is 0 Å². The number of rotatable bonds is 7. The number of aliphatic hydroxyl groups is 1. The van der Waals surface area contributed by atoms with Crippen LogP contribution in [0.5, 0.6) is 5.75 Å². The van der Waals surface area contributed by atoms with E-state index in [4.69, 9.17) is 4.74 Å². The van der Waals surface area contributed by atoms with Crippen molar-refractivity contribution < 1.29 is 9.84 Å². The number of unbranched alkanes of at least 4 members (excludes halogenated alkanes) is 1. The van der Waals surface area contributed by atoms with Crippen LogP contribution in [0.4, 0.5) is 0 Å². The molecule has 1 aromatic rings. The highest BCUT2D eigenvalue weighted by Crippen LogP contribution is 2.16. The molecular formula is C16H26N2O2. The highest BCUT2D eigenvalue weighted by Gasteiger charge is 2.20. The average molecular weight is 278 g/mol. The molecule has 0 radical (unpaired) electrons. The quantitative estimate of drug-likeness (QED) is 0.741. The fourth-order valence-electron chi connectivity index (χ4n) is 2.59. The molecule has 0 spiro atoms. The van der Waals surface area contributed by atoms with Gasteiger partial charge in [-0.25, -0.2) is 0 Å². The minimum absolute atomic E-state index is 0.243. The van der Waals surface area contributed by atoms with E-state index in [1.807, 2.05) is 18.2 Å². The van der Waals surface area contributed by atoms with Crippen molar-refractivity contribution in [2.24, 2.45) is 0 Å². The SMILES string of the molecule is Cc1ccccc1OCCCCN1CCNCC1CO. The van der Waals surface area contributed by atoms with Gasteiger partial charge in [0.1, 0.15) is 5.75 Å². The summed E-state index contributed by atoms with van der Waals surface area (Å²) in [5, 5.41) is 12.7. The van der Waals surface area contributed by atoms with Gasteiger partial charge in [0.05, 0.1) is 13.2 Å². The number of hydrogen-bond donors (Lipinski definition) is 2. The van der Waals surface area contributed by atoms with E-state index in [0.29, 0.717) is 0 Å². The number of nitrogens with zero attached hydrogens (tertiary/aromatic N) is 1. The van der Waals surface area contributed by atoms with Crippen molar-refractivity contribution in [3.05, 3.63) is 29.8 Å². The Labute approximate surface area is 121 Å². The predicted molar refractivity (Wildman–Crippen MR) is 81.2 cm³/mol.